The molecule has 80 valence electrons. The van der Waals surface area contributed by atoms with Gasteiger partial charge in [0.2, 0.25) is 0 Å². The van der Waals surface area contributed by atoms with Crippen molar-refractivity contribution in [3.05, 3.63) is 36.9 Å². The van der Waals surface area contributed by atoms with Gasteiger partial charge in [0.05, 0.1) is 4.92 Å². The zero-order valence-electron chi connectivity index (χ0n) is 8.36. The highest BCUT2D eigenvalue weighted by molar-refractivity contribution is 14.1. The van der Waals surface area contributed by atoms with Crippen LogP contribution in [0.4, 0.5) is 5.69 Å². The largest absolute Gasteiger partial charge is 0.302 e. The van der Waals surface area contributed by atoms with Gasteiger partial charge in [0, 0.05) is 28.8 Å². The van der Waals surface area contributed by atoms with Gasteiger partial charge in [-0.1, -0.05) is 0 Å². The van der Waals surface area contributed by atoms with Gasteiger partial charge < -0.3 is 4.90 Å². The van der Waals surface area contributed by atoms with E-state index in [2.05, 4.69) is 27.5 Å². The standard InChI is InChI=1S/C10H11IN2O2/c1-12-3-2-9-7(6-12)4-8(13(14)15)5-10(9)11/h4-5H,2-3,6H2,1H3. The van der Waals surface area contributed by atoms with Crippen molar-refractivity contribution in [1.29, 1.82) is 0 Å². The average molecular weight is 318 g/mol. The summed E-state index contributed by atoms with van der Waals surface area (Å²) in [6.45, 7) is 1.84. The number of benzene rings is 1. The molecule has 0 aliphatic carbocycles. The molecule has 1 aliphatic rings. The summed E-state index contributed by atoms with van der Waals surface area (Å²) < 4.78 is 1.02. The number of nitrogens with zero attached hydrogens (tertiary/aromatic N) is 2. The molecule has 0 aromatic heterocycles. The number of nitro groups is 1. The Bertz CT molecular complexity index is 420. The van der Waals surface area contributed by atoms with Crippen LogP contribution in [0.25, 0.3) is 0 Å². The number of halogens is 1. The lowest BCUT2D eigenvalue weighted by molar-refractivity contribution is -0.385. The van der Waals surface area contributed by atoms with E-state index in [0.717, 1.165) is 28.6 Å². The van der Waals surface area contributed by atoms with Gasteiger partial charge >= 0.3 is 0 Å². The third-order valence-electron chi connectivity index (χ3n) is 2.67. The Hall–Kier alpha value is -0.690. The number of nitro benzene ring substituents is 1. The molecule has 1 aliphatic heterocycles. The lowest BCUT2D eigenvalue weighted by Crippen LogP contribution is -2.27. The Kier molecular flexibility index (Phi) is 2.92. The van der Waals surface area contributed by atoms with Gasteiger partial charge in [0.1, 0.15) is 0 Å². The monoisotopic (exact) mass is 318 g/mol. The van der Waals surface area contributed by atoms with E-state index in [-0.39, 0.29) is 10.6 Å². The summed E-state index contributed by atoms with van der Waals surface area (Å²) >= 11 is 2.19. The molecule has 0 saturated heterocycles. The molecule has 0 bridgehead atoms. The minimum absolute atomic E-state index is 0.202. The van der Waals surface area contributed by atoms with Gasteiger partial charge in [-0.2, -0.15) is 0 Å². The van der Waals surface area contributed by atoms with Crippen molar-refractivity contribution >= 4 is 28.3 Å². The van der Waals surface area contributed by atoms with E-state index in [1.807, 2.05) is 7.05 Å². The van der Waals surface area contributed by atoms with Gasteiger partial charge in [-0.15, -0.1) is 0 Å². The Balaban J connectivity index is 2.48. The molecule has 0 N–H and O–H groups in total. The van der Waals surface area contributed by atoms with Crippen molar-refractivity contribution in [3.8, 4) is 0 Å². The Morgan fingerprint density at radius 3 is 2.93 bits per heavy atom. The van der Waals surface area contributed by atoms with Gasteiger partial charge in [0.25, 0.3) is 5.69 Å². The number of fused-ring (bicyclic) bond motifs is 1. The summed E-state index contributed by atoms with van der Waals surface area (Å²) in [6, 6.07) is 3.36. The molecule has 1 heterocycles. The fourth-order valence-corrected chi connectivity index (χ4v) is 2.81. The first-order chi connectivity index (χ1) is 7.08. The molecule has 0 unspecified atom stereocenters. The summed E-state index contributed by atoms with van der Waals surface area (Å²) in [4.78, 5) is 12.6. The molecular weight excluding hydrogens is 307 g/mol. The van der Waals surface area contributed by atoms with Crippen LogP contribution in [0, 0.1) is 13.7 Å². The van der Waals surface area contributed by atoms with E-state index in [4.69, 9.17) is 0 Å². The first-order valence-electron chi connectivity index (χ1n) is 4.72. The number of hydrogen-bond acceptors (Lipinski definition) is 3. The third-order valence-corrected chi connectivity index (χ3v) is 3.63. The quantitative estimate of drug-likeness (QED) is 0.453. The smallest absolute Gasteiger partial charge is 0.270 e. The minimum Gasteiger partial charge on any atom is -0.302 e. The van der Waals surface area contributed by atoms with Crippen molar-refractivity contribution in [2.75, 3.05) is 13.6 Å². The number of non-ortho nitro benzene ring substituents is 1. The fraction of sp³-hybridized carbons (Fsp3) is 0.400. The molecule has 1 aromatic rings. The maximum atomic E-state index is 10.7. The predicted octanol–water partition coefficient (Wildman–Crippen LogP) is 2.19. The fourth-order valence-electron chi connectivity index (χ4n) is 1.88. The zero-order valence-corrected chi connectivity index (χ0v) is 10.5. The van der Waals surface area contributed by atoms with Gasteiger partial charge in [-0.3, -0.25) is 10.1 Å². The van der Waals surface area contributed by atoms with Crippen LogP contribution >= 0.6 is 22.6 Å². The van der Waals surface area contributed by atoms with Crippen LogP contribution < -0.4 is 0 Å². The van der Waals surface area contributed by atoms with Crippen molar-refractivity contribution in [2.24, 2.45) is 0 Å². The molecular formula is C10H11IN2O2. The van der Waals surface area contributed by atoms with E-state index >= 15 is 0 Å². The molecule has 0 amide bonds. The highest BCUT2D eigenvalue weighted by Crippen LogP contribution is 2.28. The summed E-state index contributed by atoms with van der Waals surface area (Å²) in [5, 5.41) is 10.7. The Labute approximate surface area is 102 Å². The minimum atomic E-state index is -0.322. The van der Waals surface area contributed by atoms with Crippen LogP contribution in [0.2, 0.25) is 0 Å². The van der Waals surface area contributed by atoms with Crippen LogP contribution in [0.1, 0.15) is 11.1 Å². The molecule has 2 rings (SSSR count). The molecule has 0 radical (unpaired) electrons. The van der Waals surface area contributed by atoms with E-state index in [0.29, 0.717) is 0 Å². The first-order valence-corrected chi connectivity index (χ1v) is 5.80. The topological polar surface area (TPSA) is 46.4 Å². The summed E-state index contributed by atoms with van der Waals surface area (Å²) in [5.41, 5.74) is 2.58. The van der Waals surface area contributed by atoms with Crippen molar-refractivity contribution in [1.82, 2.24) is 4.90 Å². The van der Waals surface area contributed by atoms with Crippen molar-refractivity contribution in [3.63, 3.8) is 0 Å². The van der Waals surface area contributed by atoms with Crippen LogP contribution in [-0.2, 0) is 13.0 Å². The van der Waals surface area contributed by atoms with Crippen LogP contribution in [-0.4, -0.2) is 23.4 Å². The SMILES string of the molecule is CN1CCc2c(I)cc([N+](=O)[O-])cc2C1. The van der Waals surface area contributed by atoms with E-state index in [1.165, 1.54) is 5.56 Å². The van der Waals surface area contributed by atoms with Gasteiger partial charge in [0.15, 0.2) is 0 Å². The highest BCUT2D eigenvalue weighted by atomic mass is 127. The summed E-state index contributed by atoms with van der Waals surface area (Å²) in [5.74, 6) is 0. The normalized spacial score (nSPS) is 16.1. The molecule has 5 heteroatoms. The number of hydrogen-bond donors (Lipinski definition) is 0. The predicted molar refractivity (Wildman–Crippen MR) is 65.9 cm³/mol. The van der Waals surface area contributed by atoms with Crippen molar-refractivity contribution in [2.45, 2.75) is 13.0 Å². The average Bonchev–Trinajstić information content (AvgIpc) is 2.16. The zero-order chi connectivity index (χ0) is 11.0. The Morgan fingerprint density at radius 2 is 2.27 bits per heavy atom. The highest BCUT2D eigenvalue weighted by Gasteiger charge is 2.19. The molecule has 15 heavy (non-hydrogen) atoms. The van der Waals surface area contributed by atoms with Crippen LogP contribution in [0.15, 0.2) is 12.1 Å². The molecule has 4 nitrogen and oxygen atoms in total. The van der Waals surface area contributed by atoms with Crippen molar-refractivity contribution < 1.29 is 4.92 Å². The van der Waals surface area contributed by atoms with E-state index in [9.17, 15) is 10.1 Å². The lowest BCUT2D eigenvalue weighted by Gasteiger charge is -2.25. The lowest BCUT2D eigenvalue weighted by atomic mass is 9.99. The van der Waals surface area contributed by atoms with Crippen LogP contribution in [0.5, 0.6) is 0 Å². The van der Waals surface area contributed by atoms with Gasteiger partial charge in [-0.25, -0.2) is 0 Å². The second-order valence-corrected chi connectivity index (χ2v) is 4.97. The molecule has 0 atom stereocenters. The van der Waals surface area contributed by atoms with E-state index < -0.39 is 0 Å². The summed E-state index contributed by atoms with van der Waals surface area (Å²) in [6.07, 6.45) is 0.988. The number of likely N-dealkylation sites (N-methyl/N-ethyl adjacent to an activating group) is 1. The molecule has 0 fully saturated rings. The second kappa shape index (κ2) is 4.05. The molecule has 0 spiro atoms. The maximum Gasteiger partial charge on any atom is 0.270 e. The molecule has 0 saturated carbocycles. The number of rotatable bonds is 1. The maximum absolute atomic E-state index is 10.7. The molecule has 1 aromatic carbocycles. The van der Waals surface area contributed by atoms with Crippen LogP contribution in [0.3, 0.4) is 0 Å². The van der Waals surface area contributed by atoms with Gasteiger partial charge in [-0.05, 0) is 47.2 Å². The summed E-state index contributed by atoms with van der Waals surface area (Å²) in [7, 11) is 2.04. The Morgan fingerprint density at radius 1 is 1.53 bits per heavy atom. The third kappa shape index (κ3) is 2.12. The second-order valence-electron chi connectivity index (χ2n) is 3.81. The van der Waals surface area contributed by atoms with E-state index in [1.54, 1.807) is 12.1 Å². The first kappa shape index (κ1) is 10.8.